The van der Waals surface area contributed by atoms with Crippen molar-refractivity contribution in [1.29, 1.82) is 0 Å². The molecule has 0 aliphatic carbocycles. The number of ether oxygens (including phenoxy) is 1. The molecule has 1 unspecified atom stereocenters. The molecule has 0 bridgehead atoms. The number of hydrogen-bond acceptors (Lipinski definition) is 5. The Balaban J connectivity index is 0. The number of aliphatic hydroxyl groups excluding tert-OH is 3. The first-order valence-corrected chi connectivity index (χ1v) is 3.85. The fourth-order valence-electron chi connectivity index (χ4n) is 0.245. The van der Waals surface area contributed by atoms with Crippen LogP contribution >= 0.6 is 0 Å². The van der Waals surface area contributed by atoms with Gasteiger partial charge >= 0.3 is 0 Å². The zero-order valence-corrected chi connectivity index (χ0v) is 7.47. The Kier molecular flexibility index (Phi) is 12.9. The summed E-state index contributed by atoms with van der Waals surface area (Å²) in [7, 11) is 0. The third-order valence-corrected chi connectivity index (χ3v) is 0.880. The van der Waals surface area contributed by atoms with E-state index in [1.54, 1.807) is 13.8 Å². The Morgan fingerprint density at radius 1 is 1.17 bits per heavy atom. The summed E-state index contributed by atoms with van der Waals surface area (Å²) in [5.41, 5.74) is 0. The van der Waals surface area contributed by atoms with Crippen molar-refractivity contribution in [3.05, 3.63) is 0 Å². The van der Waals surface area contributed by atoms with Gasteiger partial charge in [0.15, 0.2) is 12.6 Å². The molecule has 5 nitrogen and oxygen atoms in total. The quantitative estimate of drug-likeness (QED) is 0.420. The predicted molar refractivity (Wildman–Crippen MR) is 43.2 cm³/mol. The lowest BCUT2D eigenvalue weighted by atomic mass is 10.5. The Hall–Kier alpha value is -0.200. The van der Waals surface area contributed by atoms with Crippen LogP contribution < -0.4 is 0 Å². The zero-order valence-electron chi connectivity index (χ0n) is 7.47. The lowest BCUT2D eigenvalue weighted by Crippen LogP contribution is -2.15. The largest absolute Gasteiger partial charge is 0.391 e. The fourth-order valence-corrected chi connectivity index (χ4v) is 0.245. The highest BCUT2D eigenvalue weighted by molar-refractivity contribution is 4.29. The average molecular weight is 182 g/mol. The molecule has 0 rings (SSSR count). The van der Waals surface area contributed by atoms with Crippen molar-refractivity contribution in [2.24, 2.45) is 0 Å². The molecule has 0 spiro atoms. The molecule has 0 fully saturated rings. The van der Waals surface area contributed by atoms with Crippen LogP contribution in [0.5, 0.6) is 0 Å². The van der Waals surface area contributed by atoms with E-state index in [0.29, 0.717) is 13.0 Å². The van der Waals surface area contributed by atoms with Crippen LogP contribution in [0, 0.1) is 0 Å². The highest BCUT2D eigenvalue weighted by Gasteiger charge is 1.95. The third-order valence-electron chi connectivity index (χ3n) is 0.880. The first-order chi connectivity index (χ1) is 5.58. The molecule has 76 valence electrons. The summed E-state index contributed by atoms with van der Waals surface area (Å²) in [6.07, 6.45) is -1.69. The van der Waals surface area contributed by atoms with Crippen LogP contribution in [0.1, 0.15) is 20.3 Å². The molecule has 0 saturated carbocycles. The molecular formula is C7H18O5. The van der Waals surface area contributed by atoms with Gasteiger partial charge in [-0.15, -0.1) is 0 Å². The smallest absolute Gasteiger partial charge is 0.177 e. The van der Waals surface area contributed by atoms with E-state index in [0.717, 1.165) is 0 Å². The fraction of sp³-hybridized carbons (Fsp3) is 1.00. The summed E-state index contributed by atoms with van der Waals surface area (Å²) < 4.78 is 4.50. The van der Waals surface area contributed by atoms with Crippen molar-refractivity contribution in [3.8, 4) is 0 Å². The summed E-state index contributed by atoms with van der Waals surface area (Å²) >= 11 is 0. The zero-order chi connectivity index (χ0) is 9.98. The summed E-state index contributed by atoms with van der Waals surface area (Å²) in [5, 5.41) is 32.3. The highest BCUT2D eigenvalue weighted by Crippen LogP contribution is 1.80. The second-order valence-corrected chi connectivity index (χ2v) is 1.98. The summed E-state index contributed by atoms with van der Waals surface area (Å²) in [6.45, 7) is 3.55. The first kappa shape index (κ1) is 14.3. The summed E-state index contributed by atoms with van der Waals surface area (Å²) in [5.74, 6) is 0. The minimum Gasteiger partial charge on any atom is -0.391 e. The van der Waals surface area contributed by atoms with Gasteiger partial charge in [0.2, 0.25) is 0 Å². The molecule has 1 atom stereocenters. The summed E-state index contributed by atoms with van der Waals surface area (Å²) in [4.78, 5) is 0. The molecule has 0 aliphatic heterocycles. The van der Waals surface area contributed by atoms with Gasteiger partial charge in [-0.25, -0.2) is 0 Å². The molecule has 0 amide bonds. The normalized spacial score (nSPS) is 12.2. The van der Waals surface area contributed by atoms with Gasteiger partial charge in [-0.1, -0.05) is 6.92 Å². The second kappa shape index (κ2) is 10.8. The molecule has 0 heterocycles. The molecule has 0 saturated heterocycles. The molecule has 12 heavy (non-hydrogen) atoms. The minimum absolute atomic E-state index is 0.326. The topological polar surface area (TPSA) is 90.2 Å². The van der Waals surface area contributed by atoms with E-state index in [1.807, 2.05) is 0 Å². The second-order valence-electron chi connectivity index (χ2n) is 1.98. The van der Waals surface area contributed by atoms with Gasteiger partial charge in [0.25, 0.3) is 0 Å². The maximum Gasteiger partial charge on any atom is 0.177 e. The Bertz CT molecular complexity index is 76.2. The first-order valence-electron chi connectivity index (χ1n) is 3.85. The van der Waals surface area contributed by atoms with Gasteiger partial charge < -0.3 is 25.2 Å². The van der Waals surface area contributed by atoms with E-state index < -0.39 is 12.6 Å². The van der Waals surface area contributed by atoms with Gasteiger partial charge in [-0.05, 0) is 13.3 Å². The molecule has 0 aromatic rings. The van der Waals surface area contributed by atoms with Crippen LogP contribution in [0.2, 0.25) is 0 Å². The van der Waals surface area contributed by atoms with E-state index in [-0.39, 0.29) is 6.61 Å². The van der Waals surface area contributed by atoms with Crippen LogP contribution in [0.4, 0.5) is 0 Å². The van der Waals surface area contributed by atoms with Gasteiger partial charge in [-0.2, -0.15) is 0 Å². The maximum atomic E-state index is 8.39. The minimum atomic E-state index is -1.12. The standard InChI is InChI=1S/C4H10O3.C3H8O2/c1-2-7-4(6)3-5;1-2-3(4)5/h4-6H,2-3H2,1H3;3-5H,2H2,1H3. The van der Waals surface area contributed by atoms with E-state index in [2.05, 4.69) is 4.74 Å². The average Bonchev–Trinajstić information content (AvgIpc) is 2.06. The van der Waals surface area contributed by atoms with Crippen molar-refractivity contribution in [1.82, 2.24) is 0 Å². The van der Waals surface area contributed by atoms with Gasteiger partial charge in [0, 0.05) is 6.61 Å². The number of rotatable bonds is 4. The van der Waals surface area contributed by atoms with Gasteiger partial charge in [0.1, 0.15) is 0 Å². The third kappa shape index (κ3) is 16.4. The van der Waals surface area contributed by atoms with Crippen LogP contribution in [0.3, 0.4) is 0 Å². The van der Waals surface area contributed by atoms with Gasteiger partial charge in [0.05, 0.1) is 6.61 Å². The Labute approximate surface area is 72.2 Å². The Morgan fingerprint density at radius 3 is 1.67 bits per heavy atom. The summed E-state index contributed by atoms with van der Waals surface area (Å²) in [6, 6.07) is 0. The van der Waals surface area contributed by atoms with Crippen LogP contribution in [-0.2, 0) is 4.74 Å². The van der Waals surface area contributed by atoms with Crippen molar-refractivity contribution >= 4 is 0 Å². The van der Waals surface area contributed by atoms with Crippen molar-refractivity contribution < 1.29 is 25.2 Å². The predicted octanol–water partition coefficient (Wildman–Crippen LogP) is -0.959. The molecular weight excluding hydrogens is 164 g/mol. The van der Waals surface area contributed by atoms with Crippen LogP contribution in [0.25, 0.3) is 0 Å². The van der Waals surface area contributed by atoms with Crippen molar-refractivity contribution in [3.63, 3.8) is 0 Å². The Morgan fingerprint density at radius 2 is 1.58 bits per heavy atom. The van der Waals surface area contributed by atoms with E-state index >= 15 is 0 Å². The van der Waals surface area contributed by atoms with Crippen LogP contribution in [-0.4, -0.2) is 46.2 Å². The molecule has 4 N–H and O–H groups in total. The lowest BCUT2D eigenvalue weighted by molar-refractivity contribution is -0.120. The van der Waals surface area contributed by atoms with E-state index in [4.69, 9.17) is 20.4 Å². The monoisotopic (exact) mass is 182 g/mol. The molecule has 5 heteroatoms. The van der Waals surface area contributed by atoms with Crippen molar-refractivity contribution in [2.75, 3.05) is 13.2 Å². The molecule has 0 aromatic carbocycles. The molecule has 0 radical (unpaired) electrons. The molecule has 0 aliphatic rings. The van der Waals surface area contributed by atoms with E-state index in [9.17, 15) is 0 Å². The lowest BCUT2D eigenvalue weighted by Gasteiger charge is -2.03. The number of hydrogen-bond donors (Lipinski definition) is 4. The van der Waals surface area contributed by atoms with Crippen molar-refractivity contribution in [2.45, 2.75) is 32.8 Å². The van der Waals surface area contributed by atoms with Gasteiger partial charge in [-0.3, -0.25) is 0 Å². The highest BCUT2D eigenvalue weighted by atomic mass is 16.6. The van der Waals surface area contributed by atoms with Crippen LogP contribution in [0.15, 0.2) is 0 Å². The van der Waals surface area contributed by atoms with E-state index in [1.165, 1.54) is 0 Å². The SMILES string of the molecule is CCC(O)O.CCOC(O)CO. The maximum absolute atomic E-state index is 8.39. The number of aliphatic hydroxyl groups is 4. The molecule has 0 aromatic heterocycles.